The van der Waals surface area contributed by atoms with E-state index in [1.807, 2.05) is 0 Å². The summed E-state index contributed by atoms with van der Waals surface area (Å²) in [5.74, 6) is -3.12. The fourth-order valence-corrected chi connectivity index (χ4v) is 12.8. The predicted molar refractivity (Wildman–Crippen MR) is 316 cm³/mol. The molecule has 4 aliphatic rings. The average Bonchev–Trinajstić information content (AvgIpc) is 1.78. The summed E-state index contributed by atoms with van der Waals surface area (Å²) in [6, 6.07) is 3.43. The van der Waals surface area contributed by atoms with Crippen molar-refractivity contribution in [1.82, 2.24) is 59.9 Å². The number of carbonyl (C=O) groups is 7. The molecule has 0 spiro atoms. The minimum atomic E-state index is -4.56. The average molecular weight is 1320 g/mol. The summed E-state index contributed by atoms with van der Waals surface area (Å²) in [5, 5.41) is 36.3. The van der Waals surface area contributed by atoms with Crippen molar-refractivity contribution in [2.24, 2.45) is 11.7 Å². The van der Waals surface area contributed by atoms with Gasteiger partial charge < -0.3 is 66.6 Å². The van der Waals surface area contributed by atoms with E-state index in [1.54, 1.807) is 38.1 Å². The second kappa shape index (κ2) is 28.6. The number of aromatic amines is 1. The molecule has 35 nitrogen and oxygen atoms in total. The van der Waals surface area contributed by atoms with Crippen LogP contribution < -0.4 is 43.6 Å². The van der Waals surface area contributed by atoms with Gasteiger partial charge in [-0.1, -0.05) is 44.6 Å². The first-order chi connectivity index (χ1) is 42.3. The number of hydrogen-bond acceptors (Lipinski definition) is 25. The summed E-state index contributed by atoms with van der Waals surface area (Å²) in [6.07, 6.45) is -4.72. The van der Waals surface area contributed by atoms with Crippen molar-refractivity contribution in [2.45, 2.75) is 127 Å². The molecule has 3 saturated heterocycles. The standard InChI is InChI=1S/C50H64N16O19P2S2/c1-24(2)33(60-30(67)9-4-3-7-17-64-31(68)14-15-32(64)69)44(73)59-27(8-5-6-16-53-49(52)75)43(72)58-26-12-10-25(11-13-26)18-79-50(76)61-40-34-41(55-21-54-40)65(22-56-34)47-39-36(70)28(82-47)19-80-86(77,88)84-38-29(20-81-87(78,89)85-39)83-46(37(38)71)66-23-57-35-42(66)62-48(51)63-45(35)74/h10-15,21-24,27-29,33,36-39,46-47,70-71H,3-9,16-20H2,1-2H3,(H,58,72)(H,59,73)(H,60,67)(H,77,88)(H,78,89)(H3,52,53,75)(H3,51,62,63,74)(H,54,55,61,76)/t27-,28+,29+,33-,36-,37?,38?,39?,46+,47+,86?,87?/m0/s1. The van der Waals surface area contributed by atoms with E-state index in [0.29, 0.717) is 43.4 Å². The maximum atomic E-state index is 14.0. The number of ether oxygens (including phenoxy) is 3. The van der Waals surface area contributed by atoms with Crippen molar-refractivity contribution in [3.63, 3.8) is 0 Å². The summed E-state index contributed by atoms with van der Waals surface area (Å²) < 4.78 is 57.0. The molecule has 2 bridgehead atoms. The minimum Gasteiger partial charge on any atom is -0.444 e. The first kappa shape index (κ1) is 66.0. The van der Waals surface area contributed by atoms with Gasteiger partial charge in [-0.15, -0.1) is 0 Å². The van der Waals surface area contributed by atoms with Crippen LogP contribution in [0, 0.1) is 5.92 Å². The highest BCUT2D eigenvalue weighted by Gasteiger charge is 2.53. The Morgan fingerprint density at radius 2 is 1.53 bits per heavy atom. The summed E-state index contributed by atoms with van der Waals surface area (Å²) in [4.78, 5) is 137. The Labute approximate surface area is 514 Å². The Hall–Kier alpha value is -7.38. The zero-order valence-electron chi connectivity index (χ0n) is 47.4. The van der Waals surface area contributed by atoms with Gasteiger partial charge >= 0.3 is 25.6 Å². The van der Waals surface area contributed by atoms with Gasteiger partial charge in [0.25, 0.3) is 17.4 Å². The molecule has 480 valence electrons. The van der Waals surface area contributed by atoms with Crippen LogP contribution in [0.1, 0.15) is 76.8 Å². The highest BCUT2D eigenvalue weighted by Crippen LogP contribution is 2.58. The van der Waals surface area contributed by atoms with Gasteiger partial charge in [0.15, 0.2) is 40.6 Å². The molecule has 5 unspecified atom stereocenters. The number of urea groups is 1. The highest BCUT2D eigenvalue weighted by molar-refractivity contribution is 8.44. The zero-order chi connectivity index (χ0) is 63.9. The van der Waals surface area contributed by atoms with Crippen LogP contribution >= 0.6 is 25.8 Å². The Bertz CT molecular complexity index is 3650. The van der Waals surface area contributed by atoms with Gasteiger partial charge in [-0.25, -0.2) is 34.1 Å². The number of aromatic nitrogens is 8. The van der Waals surface area contributed by atoms with Crippen LogP contribution in [0.5, 0.6) is 0 Å². The molecule has 4 aliphatic heterocycles. The normalized spacial score (nSPS) is 26.0. The van der Waals surface area contributed by atoms with Crippen LogP contribution in [-0.2, 0) is 79.3 Å². The van der Waals surface area contributed by atoms with Crippen LogP contribution in [0.4, 0.5) is 27.0 Å². The highest BCUT2D eigenvalue weighted by atomic mass is 32.7. The maximum absolute atomic E-state index is 14.0. The zero-order valence-corrected chi connectivity index (χ0v) is 50.9. The molecule has 1 aromatic carbocycles. The van der Waals surface area contributed by atoms with Crippen LogP contribution in [0.25, 0.3) is 22.3 Å². The lowest BCUT2D eigenvalue weighted by Gasteiger charge is -2.27. The SMILES string of the molecule is CC(C)[C@H](NC(=O)CCCCCN1C(=O)C=CC1=O)C(=O)N[C@@H](CCCCNC(N)=O)C(=O)Nc1ccc(COC(=O)Nc2ncnc3c2ncn3[C@@H]2O[C@@H]3COP(O)(=S)OC4C(O)[C@H](n5cnc6c(=O)[nH]c(N)nc65)O[C@@H]4COP(=O)(S)OC2[C@H]3O)cc1. The van der Waals surface area contributed by atoms with Crippen molar-refractivity contribution in [2.75, 3.05) is 42.7 Å². The molecule has 89 heavy (non-hydrogen) atoms. The van der Waals surface area contributed by atoms with Crippen LogP contribution in [0.3, 0.4) is 0 Å². The number of carbonyl (C=O) groups excluding carboxylic acids is 7. The molecule has 13 N–H and O–H groups in total. The van der Waals surface area contributed by atoms with Gasteiger partial charge in [-0.05, 0) is 67.5 Å². The maximum Gasteiger partial charge on any atom is 0.413 e. The number of unbranched alkanes of at least 4 members (excludes halogenated alkanes) is 3. The van der Waals surface area contributed by atoms with Crippen LogP contribution in [-0.4, -0.2) is 176 Å². The van der Waals surface area contributed by atoms with E-state index < -0.39 is 123 Å². The van der Waals surface area contributed by atoms with Gasteiger partial charge in [0, 0.05) is 37.3 Å². The van der Waals surface area contributed by atoms with Crippen LogP contribution in [0.2, 0.25) is 0 Å². The number of imide groups is 1. The molecule has 0 aliphatic carbocycles. The molecule has 8 heterocycles. The van der Waals surface area contributed by atoms with E-state index in [-0.39, 0.29) is 84.4 Å². The summed E-state index contributed by atoms with van der Waals surface area (Å²) in [5.41, 5.74) is 10.8. The van der Waals surface area contributed by atoms with Gasteiger partial charge in [0.1, 0.15) is 61.6 Å². The van der Waals surface area contributed by atoms with Crippen molar-refractivity contribution in [3.05, 3.63) is 71.3 Å². The molecule has 9 rings (SSSR count). The number of fused-ring (bicyclic) bond motifs is 5. The summed E-state index contributed by atoms with van der Waals surface area (Å²) in [7, 11) is 0. The molecule has 0 radical (unpaired) electrons. The molecule has 8 amide bonds. The fraction of sp³-hybridized carbons (Fsp3) is 0.500. The van der Waals surface area contributed by atoms with Gasteiger partial charge in [-0.3, -0.25) is 66.7 Å². The number of nitrogens with two attached hydrogens (primary N) is 2. The Kier molecular flexibility index (Phi) is 21.2. The first-order valence-electron chi connectivity index (χ1n) is 27.7. The number of nitrogens with one attached hydrogen (secondary N) is 6. The number of nitrogens with zero attached hydrogens (tertiary/aromatic N) is 8. The predicted octanol–water partition coefficient (Wildman–Crippen LogP) is 0.767. The van der Waals surface area contributed by atoms with Gasteiger partial charge in [-0.2, -0.15) is 4.98 Å². The quantitative estimate of drug-likeness (QED) is 0.0197. The van der Waals surface area contributed by atoms with Crippen molar-refractivity contribution < 1.29 is 85.5 Å². The molecular weight excluding hydrogens is 1250 g/mol. The minimum absolute atomic E-state index is 0.000728. The number of amides is 8. The van der Waals surface area contributed by atoms with Gasteiger partial charge in [0.2, 0.25) is 23.7 Å². The van der Waals surface area contributed by atoms with E-state index in [1.165, 1.54) is 27.6 Å². The number of thiol groups is 1. The largest absolute Gasteiger partial charge is 0.444 e. The van der Waals surface area contributed by atoms with Crippen molar-refractivity contribution in [3.8, 4) is 0 Å². The van der Waals surface area contributed by atoms with E-state index in [0.717, 1.165) is 17.6 Å². The number of rotatable bonds is 22. The third-order valence-electron chi connectivity index (χ3n) is 14.4. The number of H-pyrrole nitrogens is 1. The lowest BCUT2D eigenvalue weighted by molar-refractivity contribution is -0.137. The second-order valence-electron chi connectivity index (χ2n) is 21.1. The monoisotopic (exact) mass is 1320 g/mol. The summed E-state index contributed by atoms with van der Waals surface area (Å²) >= 11 is 9.47. The molecule has 39 heteroatoms. The second-order valence-corrected chi connectivity index (χ2v) is 26.8. The lowest BCUT2D eigenvalue weighted by atomic mass is 10.0. The summed E-state index contributed by atoms with van der Waals surface area (Å²) in [6.45, 7) is -6.62. The molecule has 12 atom stereocenters. The van der Waals surface area contributed by atoms with Gasteiger partial charge in [0.05, 0.1) is 25.9 Å². The molecular formula is C50H64N16O19P2S2. The third kappa shape index (κ3) is 16.3. The smallest absolute Gasteiger partial charge is 0.413 e. The van der Waals surface area contributed by atoms with Crippen molar-refractivity contribution >= 4 is 119 Å². The van der Waals surface area contributed by atoms with Crippen molar-refractivity contribution in [1.29, 1.82) is 0 Å². The van der Waals surface area contributed by atoms with E-state index in [4.69, 9.17) is 55.6 Å². The Morgan fingerprint density at radius 1 is 0.831 bits per heavy atom. The Balaban J connectivity index is 0.798. The molecule has 0 saturated carbocycles. The van der Waals surface area contributed by atoms with E-state index >= 15 is 0 Å². The van der Waals surface area contributed by atoms with E-state index in [9.17, 15) is 58.0 Å². The first-order valence-corrected chi connectivity index (χ1v) is 33.0. The number of nitrogen functional groups attached to an aromatic ring is 1. The third-order valence-corrected chi connectivity index (χ3v) is 17.6. The van der Waals surface area contributed by atoms with Crippen LogP contribution in [0.15, 0.2) is 60.2 Å². The molecule has 3 fully saturated rings. The number of aliphatic hydroxyl groups excluding tert-OH is 2. The van der Waals surface area contributed by atoms with E-state index in [2.05, 4.69) is 68.7 Å². The lowest BCUT2D eigenvalue weighted by Crippen LogP contribution is -2.54. The molecule has 4 aromatic heterocycles. The number of anilines is 3. The fourth-order valence-electron chi connectivity index (χ4n) is 9.94. The topological polar surface area (TPSA) is 484 Å². The molecule has 5 aromatic rings. The number of primary amides is 1. The number of hydrogen-bond donors (Lipinski definition) is 12. The number of benzene rings is 1. The number of imidazole rings is 2. The Morgan fingerprint density at radius 3 is 2.25 bits per heavy atom. The number of aliphatic hydroxyl groups is 2.